The van der Waals surface area contributed by atoms with E-state index in [-0.39, 0.29) is 17.6 Å². The molecule has 3 heterocycles. The van der Waals surface area contributed by atoms with Crippen LogP contribution in [0.4, 0.5) is 5.82 Å². The standard InChI is InChI=1S/C23H25N7O/c1-14-11-25-21(13-24-14)23(31)29-19(20-10-22(30(3)4)28-15(2)27-20)9-16-12-26-18-8-6-5-7-17(16)18/h5-8,10-13,19,26H,9H2,1-4H3,(H,29,31). The van der Waals surface area contributed by atoms with Gasteiger partial charge in [0.2, 0.25) is 0 Å². The lowest BCUT2D eigenvalue weighted by Crippen LogP contribution is -2.31. The van der Waals surface area contributed by atoms with E-state index >= 15 is 0 Å². The molecular weight excluding hydrogens is 390 g/mol. The average Bonchev–Trinajstić information content (AvgIpc) is 3.16. The summed E-state index contributed by atoms with van der Waals surface area (Å²) < 4.78 is 0. The van der Waals surface area contributed by atoms with Crippen LogP contribution >= 0.6 is 0 Å². The lowest BCUT2D eigenvalue weighted by atomic mass is 10.0. The van der Waals surface area contributed by atoms with Crippen LogP contribution in [0.1, 0.15) is 39.3 Å². The molecule has 0 saturated carbocycles. The molecule has 1 atom stereocenters. The lowest BCUT2D eigenvalue weighted by Gasteiger charge is -2.20. The molecule has 4 rings (SSSR count). The van der Waals surface area contributed by atoms with Crippen LogP contribution in [0.5, 0.6) is 0 Å². The molecule has 0 bridgehead atoms. The highest BCUT2D eigenvalue weighted by Gasteiger charge is 2.22. The molecule has 1 amide bonds. The van der Waals surface area contributed by atoms with Gasteiger partial charge in [0.05, 0.1) is 23.6 Å². The average molecular weight is 416 g/mol. The van der Waals surface area contributed by atoms with Crippen LogP contribution in [0.15, 0.2) is 48.9 Å². The molecule has 0 aliphatic rings. The summed E-state index contributed by atoms with van der Waals surface area (Å²) >= 11 is 0. The number of nitrogens with zero attached hydrogens (tertiary/aromatic N) is 5. The molecule has 1 unspecified atom stereocenters. The molecule has 0 saturated heterocycles. The van der Waals surface area contributed by atoms with Crippen molar-refractivity contribution in [2.24, 2.45) is 0 Å². The summed E-state index contributed by atoms with van der Waals surface area (Å²) in [6.45, 7) is 3.69. The Hall–Kier alpha value is -3.81. The largest absolute Gasteiger partial charge is 0.363 e. The maximum absolute atomic E-state index is 13.0. The fourth-order valence-electron chi connectivity index (χ4n) is 3.47. The summed E-state index contributed by atoms with van der Waals surface area (Å²) in [7, 11) is 3.86. The van der Waals surface area contributed by atoms with Crippen molar-refractivity contribution < 1.29 is 4.79 Å². The number of rotatable bonds is 6. The zero-order chi connectivity index (χ0) is 22.0. The fraction of sp³-hybridized carbons (Fsp3) is 0.261. The van der Waals surface area contributed by atoms with Crippen LogP contribution in [0, 0.1) is 13.8 Å². The van der Waals surface area contributed by atoms with Crippen LogP contribution < -0.4 is 10.2 Å². The van der Waals surface area contributed by atoms with E-state index in [4.69, 9.17) is 0 Å². The molecule has 158 valence electrons. The van der Waals surface area contributed by atoms with Gasteiger partial charge in [0.1, 0.15) is 17.3 Å². The number of nitrogens with one attached hydrogen (secondary N) is 2. The molecule has 0 aliphatic carbocycles. The second-order valence-electron chi connectivity index (χ2n) is 7.73. The zero-order valence-electron chi connectivity index (χ0n) is 18.0. The second-order valence-corrected chi connectivity index (χ2v) is 7.73. The molecule has 3 aromatic heterocycles. The first-order chi connectivity index (χ1) is 14.9. The molecular formula is C23H25N7O. The molecule has 0 aliphatic heterocycles. The first-order valence-corrected chi connectivity index (χ1v) is 10.1. The normalized spacial score (nSPS) is 12.0. The van der Waals surface area contributed by atoms with Crippen LogP contribution in [-0.2, 0) is 6.42 Å². The van der Waals surface area contributed by atoms with Crippen molar-refractivity contribution >= 4 is 22.6 Å². The van der Waals surface area contributed by atoms with Crippen molar-refractivity contribution in [1.82, 2.24) is 30.2 Å². The third-order valence-electron chi connectivity index (χ3n) is 5.08. The van der Waals surface area contributed by atoms with Crippen LogP contribution in [0.3, 0.4) is 0 Å². The van der Waals surface area contributed by atoms with E-state index in [1.165, 1.54) is 6.20 Å². The third kappa shape index (κ3) is 4.53. The van der Waals surface area contributed by atoms with Gasteiger partial charge in [-0.15, -0.1) is 0 Å². The number of hydrogen-bond acceptors (Lipinski definition) is 6. The SMILES string of the molecule is Cc1cnc(C(=O)NC(Cc2c[nH]c3ccccc23)c2cc(N(C)C)nc(C)n2)cn1. The van der Waals surface area contributed by atoms with Gasteiger partial charge < -0.3 is 15.2 Å². The van der Waals surface area contributed by atoms with E-state index in [1.807, 2.05) is 63.3 Å². The predicted molar refractivity (Wildman–Crippen MR) is 120 cm³/mol. The molecule has 4 aromatic rings. The molecule has 8 heteroatoms. The van der Waals surface area contributed by atoms with Gasteiger partial charge in [-0.05, 0) is 25.5 Å². The fourth-order valence-corrected chi connectivity index (χ4v) is 3.47. The highest BCUT2D eigenvalue weighted by molar-refractivity contribution is 5.92. The van der Waals surface area contributed by atoms with E-state index in [0.29, 0.717) is 12.2 Å². The maximum Gasteiger partial charge on any atom is 0.272 e. The first kappa shape index (κ1) is 20.5. The van der Waals surface area contributed by atoms with Crippen LogP contribution in [0.25, 0.3) is 10.9 Å². The molecule has 31 heavy (non-hydrogen) atoms. The van der Waals surface area contributed by atoms with Crippen molar-refractivity contribution in [1.29, 1.82) is 0 Å². The number of carbonyl (C=O) groups is 1. The molecule has 0 fully saturated rings. The van der Waals surface area contributed by atoms with Gasteiger partial charge in [-0.25, -0.2) is 15.0 Å². The number of H-pyrrole nitrogens is 1. The summed E-state index contributed by atoms with van der Waals surface area (Å²) in [6, 6.07) is 9.65. The van der Waals surface area contributed by atoms with Gasteiger partial charge in [0, 0.05) is 49.9 Å². The Balaban J connectivity index is 1.71. The number of aromatic amines is 1. The number of amides is 1. The van der Waals surface area contributed by atoms with E-state index in [0.717, 1.165) is 33.7 Å². The Morgan fingerprint density at radius 3 is 2.68 bits per heavy atom. The van der Waals surface area contributed by atoms with Crippen molar-refractivity contribution in [3.05, 3.63) is 77.4 Å². The second kappa shape index (κ2) is 8.51. The number of anilines is 1. The molecule has 2 N–H and O–H groups in total. The number of benzene rings is 1. The Morgan fingerprint density at radius 2 is 1.94 bits per heavy atom. The summed E-state index contributed by atoms with van der Waals surface area (Å²) in [6.07, 6.45) is 5.63. The minimum Gasteiger partial charge on any atom is -0.363 e. The van der Waals surface area contributed by atoms with E-state index in [2.05, 4.69) is 36.3 Å². The maximum atomic E-state index is 13.0. The van der Waals surface area contributed by atoms with Crippen LogP contribution in [0.2, 0.25) is 0 Å². The molecule has 0 radical (unpaired) electrons. The molecule has 1 aromatic carbocycles. The summed E-state index contributed by atoms with van der Waals surface area (Å²) in [5.41, 5.74) is 3.93. The van der Waals surface area contributed by atoms with Crippen molar-refractivity contribution in [3.63, 3.8) is 0 Å². The highest BCUT2D eigenvalue weighted by atomic mass is 16.1. The number of fused-ring (bicyclic) bond motifs is 1. The summed E-state index contributed by atoms with van der Waals surface area (Å²) in [5.74, 6) is 1.14. The third-order valence-corrected chi connectivity index (χ3v) is 5.08. The monoisotopic (exact) mass is 415 g/mol. The van der Waals surface area contributed by atoms with E-state index in [1.54, 1.807) is 6.20 Å². The quantitative estimate of drug-likeness (QED) is 0.502. The minimum absolute atomic E-state index is 0.271. The number of para-hydroxylation sites is 1. The smallest absolute Gasteiger partial charge is 0.272 e. The molecule has 0 spiro atoms. The zero-order valence-corrected chi connectivity index (χ0v) is 18.0. The summed E-state index contributed by atoms with van der Waals surface area (Å²) in [5, 5.41) is 4.22. The van der Waals surface area contributed by atoms with E-state index < -0.39 is 0 Å². The van der Waals surface area contributed by atoms with Crippen molar-refractivity contribution in [2.45, 2.75) is 26.3 Å². The van der Waals surface area contributed by atoms with Gasteiger partial charge >= 0.3 is 0 Å². The Kier molecular flexibility index (Phi) is 5.62. The van der Waals surface area contributed by atoms with Gasteiger partial charge in [-0.2, -0.15) is 0 Å². The van der Waals surface area contributed by atoms with Gasteiger partial charge in [-0.1, -0.05) is 18.2 Å². The van der Waals surface area contributed by atoms with Crippen LogP contribution in [-0.4, -0.2) is 44.9 Å². The van der Waals surface area contributed by atoms with Gasteiger partial charge in [0.15, 0.2) is 0 Å². The summed E-state index contributed by atoms with van der Waals surface area (Å²) in [4.78, 5) is 35.7. The predicted octanol–water partition coefficient (Wildman–Crippen LogP) is 3.14. The van der Waals surface area contributed by atoms with Crippen molar-refractivity contribution in [2.75, 3.05) is 19.0 Å². The van der Waals surface area contributed by atoms with Gasteiger partial charge in [-0.3, -0.25) is 9.78 Å². The Labute approximate surface area is 180 Å². The number of carbonyl (C=O) groups excluding carboxylic acids is 1. The highest BCUT2D eigenvalue weighted by Crippen LogP contribution is 2.25. The number of hydrogen-bond donors (Lipinski definition) is 2. The lowest BCUT2D eigenvalue weighted by molar-refractivity contribution is 0.0930. The first-order valence-electron chi connectivity index (χ1n) is 10.1. The molecule has 8 nitrogen and oxygen atoms in total. The van der Waals surface area contributed by atoms with E-state index in [9.17, 15) is 4.79 Å². The Morgan fingerprint density at radius 1 is 1.13 bits per heavy atom. The minimum atomic E-state index is -0.366. The topological polar surface area (TPSA) is 99.7 Å². The van der Waals surface area contributed by atoms with Crippen molar-refractivity contribution in [3.8, 4) is 0 Å². The number of aryl methyl sites for hydroxylation is 2. The number of aromatic nitrogens is 5. The van der Waals surface area contributed by atoms with Gasteiger partial charge in [0.25, 0.3) is 5.91 Å². The Bertz CT molecular complexity index is 1210.